The molecule has 0 rings (SSSR count). The Labute approximate surface area is 114 Å². The first kappa shape index (κ1) is 17.4. The maximum absolute atomic E-state index is 8.66. The molecule has 0 N–H and O–H groups in total. The van der Waals surface area contributed by atoms with Crippen molar-refractivity contribution in [2.24, 2.45) is 5.92 Å². The Balaban J connectivity index is 3.53. The number of hydrogen-bond acceptors (Lipinski definition) is 2. The molecular formula is C16H32N2. The van der Waals surface area contributed by atoms with Gasteiger partial charge in [-0.05, 0) is 18.9 Å². The van der Waals surface area contributed by atoms with Crippen LogP contribution in [0.3, 0.4) is 0 Å². The summed E-state index contributed by atoms with van der Waals surface area (Å²) in [6.45, 7) is 10.0. The van der Waals surface area contributed by atoms with Gasteiger partial charge in [0.1, 0.15) is 0 Å². The summed E-state index contributed by atoms with van der Waals surface area (Å²) in [6.07, 6.45) is 10.2. The van der Waals surface area contributed by atoms with Crippen molar-refractivity contribution in [2.75, 3.05) is 19.6 Å². The molecule has 0 aliphatic carbocycles. The van der Waals surface area contributed by atoms with Gasteiger partial charge >= 0.3 is 0 Å². The van der Waals surface area contributed by atoms with Crippen molar-refractivity contribution in [3.05, 3.63) is 0 Å². The molecule has 2 nitrogen and oxygen atoms in total. The third-order valence-corrected chi connectivity index (χ3v) is 3.24. The zero-order chi connectivity index (χ0) is 13.6. The van der Waals surface area contributed by atoms with Crippen LogP contribution < -0.4 is 0 Å². The van der Waals surface area contributed by atoms with E-state index in [2.05, 4.69) is 31.7 Å². The Hall–Kier alpha value is -0.550. The van der Waals surface area contributed by atoms with Gasteiger partial charge in [0.15, 0.2) is 0 Å². The topological polar surface area (TPSA) is 27.0 Å². The molecule has 18 heavy (non-hydrogen) atoms. The van der Waals surface area contributed by atoms with Crippen LogP contribution in [0.25, 0.3) is 0 Å². The Morgan fingerprint density at radius 3 is 2.11 bits per heavy atom. The summed E-state index contributed by atoms with van der Waals surface area (Å²) >= 11 is 0. The molecule has 2 heteroatoms. The molecule has 0 atom stereocenters. The minimum absolute atomic E-state index is 0.670. The maximum Gasteiger partial charge on any atom is 0.0635 e. The van der Waals surface area contributed by atoms with Crippen LogP contribution in [0, 0.1) is 17.2 Å². The van der Waals surface area contributed by atoms with Gasteiger partial charge in [-0.3, -0.25) is 0 Å². The molecule has 0 spiro atoms. The Bertz CT molecular complexity index is 206. The zero-order valence-corrected chi connectivity index (χ0v) is 12.7. The number of rotatable bonds is 12. The SMILES string of the molecule is CCCCCCCCCN(CCC#N)CC(C)C. The van der Waals surface area contributed by atoms with Crippen molar-refractivity contribution in [1.29, 1.82) is 5.26 Å². The lowest BCUT2D eigenvalue weighted by Gasteiger charge is -2.23. The second-order valence-corrected chi connectivity index (χ2v) is 5.72. The van der Waals surface area contributed by atoms with Crippen LogP contribution >= 0.6 is 0 Å². The van der Waals surface area contributed by atoms with Gasteiger partial charge in [0, 0.05) is 19.5 Å². The quantitative estimate of drug-likeness (QED) is 0.474. The second kappa shape index (κ2) is 12.9. The van der Waals surface area contributed by atoms with E-state index in [1.165, 1.54) is 51.5 Å². The molecule has 0 radical (unpaired) electrons. The van der Waals surface area contributed by atoms with E-state index in [-0.39, 0.29) is 0 Å². The van der Waals surface area contributed by atoms with E-state index in [1.807, 2.05) is 0 Å². The van der Waals surface area contributed by atoms with E-state index >= 15 is 0 Å². The maximum atomic E-state index is 8.66. The molecule has 0 aromatic heterocycles. The van der Waals surface area contributed by atoms with Gasteiger partial charge in [-0.1, -0.05) is 59.3 Å². The smallest absolute Gasteiger partial charge is 0.0635 e. The van der Waals surface area contributed by atoms with Crippen LogP contribution in [0.5, 0.6) is 0 Å². The fourth-order valence-electron chi connectivity index (χ4n) is 2.31. The molecular weight excluding hydrogens is 220 g/mol. The Morgan fingerprint density at radius 1 is 0.944 bits per heavy atom. The highest BCUT2D eigenvalue weighted by Gasteiger charge is 2.06. The molecule has 0 amide bonds. The minimum Gasteiger partial charge on any atom is -0.302 e. The third-order valence-electron chi connectivity index (χ3n) is 3.24. The number of unbranched alkanes of at least 4 members (excludes halogenated alkanes) is 6. The third kappa shape index (κ3) is 11.9. The second-order valence-electron chi connectivity index (χ2n) is 5.72. The summed E-state index contributed by atoms with van der Waals surface area (Å²) in [4.78, 5) is 2.46. The van der Waals surface area contributed by atoms with Gasteiger partial charge in [0.05, 0.1) is 6.07 Å². The Morgan fingerprint density at radius 2 is 1.56 bits per heavy atom. The average Bonchev–Trinajstić information content (AvgIpc) is 2.34. The van der Waals surface area contributed by atoms with Crippen LogP contribution in [-0.4, -0.2) is 24.5 Å². The van der Waals surface area contributed by atoms with Gasteiger partial charge in [0.2, 0.25) is 0 Å². The first-order valence-corrected chi connectivity index (χ1v) is 7.80. The van der Waals surface area contributed by atoms with Crippen molar-refractivity contribution in [3.8, 4) is 6.07 Å². The van der Waals surface area contributed by atoms with Gasteiger partial charge in [-0.2, -0.15) is 5.26 Å². The summed E-state index contributed by atoms with van der Waals surface area (Å²) < 4.78 is 0. The predicted molar refractivity (Wildman–Crippen MR) is 79.5 cm³/mol. The molecule has 0 saturated heterocycles. The lowest BCUT2D eigenvalue weighted by atomic mass is 10.1. The molecule has 0 saturated carbocycles. The predicted octanol–water partition coefficient (Wildman–Crippen LogP) is 4.61. The van der Waals surface area contributed by atoms with Crippen molar-refractivity contribution in [2.45, 2.75) is 72.1 Å². The highest BCUT2D eigenvalue weighted by molar-refractivity contribution is 4.72. The summed E-state index contributed by atoms with van der Waals surface area (Å²) in [7, 11) is 0. The van der Waals surface area contributed by atoms with Crippen molar-refractivity contribution >= 4 is 0 Å². The van der Waals surface area contributed by atoms with Crippen LogP contribution in [-0.2, 0) is 0 Å². The molecule has 0 fully saturated rings. The molecule has 0 aliphatic rings. The number of nitriles is 1. The van der Waals surface area contributed by atoms with Gasteiger partial charge in [0.25, 0.3) is 0 Å². The van der Waals surface area contributed by atoms with E-state index in [4.69, 9.17) is 5.26 Å². The van der Waals surface area contributed by atoms with E-state index in [0.717, 1.165) is 13.1 Å². The lowest BCUT2D eigenvalue weighted by molar-refractivity contribution is 0.243. The fourth-order valence-corrected chi connectivity index (χ4v) is 2.31. The van der Waals surface area contributed by atoms with Gasteiger partial charge in [-0.15, -0.1) is 0 Å². The molecule has 0 unspecified atom stereocenters. The van der Waals surface area contributed by atoms with Crippen molar-refractivity contribution < 1.29 is 0 Å². The van der Waals surface area contributed by atoms with Gasteiger partial charge < -0.3 is 4.90 Å². The molecule has 106 valence electrons. The van der Waals surface area contributed by atoms with Crippen LogP contribution in [0.2, 0.25) is 0 Å². The largest absolute Gasteiger partial charge is 0.302 e. The first-order valence-electron chi connectivity index (χ1n) is 7.80. The molecule has 0 aromatic carbocycles. The van der Waals surface area contributed by atoms with Crippen molar-refractivity contribution in [1.82, 2.24) is 4.90 Å². The monoisotopic (exact) mass is 252 g/mol. The highest BCUT2D eigenvalue weighted by Crippen LogP contribution is 2.08. The van der Waals surface area contributed by atoms with Crippen LogP contribution in [0.15, 0.2) is 0 Å². The molecule has 0 heterocycles. The van der Waals surface area contributed by atoms with E-state index in [1.54, 1.807) is 0 Å². The van der Waals surface area contributed by atoms with E-state index in [0.29, 0.717) is 12.3 Å². The highest BCUT2D eigenvalue weighted by atomic mass is 15.1. The summed E-state index contributed by atoms with van der Waals surface area (Å²) in [5, 5.41) is 8.66. The van der Waals surface area contributed by atoms with Crippen LogP contribution in [0.1, 0.15) is 72.1 Å². The standard InChI is InChI=1S/C16H32N2/c1-4-5-6-7-8-9-10-13-18(14-11-12-17)15-16(2)3/h16H,4-11,13-15H2,1-3H3. The first-order chi connectivity index (χ1) is 8.70. The number of hydrogen-bond donors (Lipinski definition) is 0. The molecule has 0 bridgehead atoms. The van der Waals surface area contributed by atoms with Crippen molar-refractivity contribution in [3.63, 3.8) is 0 Å². The van der Waals surface area contributed by atoms with E-state index < -0.39 is 0 Å². The Kier molecular flexibility index (Phi) is 12.5. The normalized spacial score (nSPS) is 11.1. The van der Waals surface area contributed by atoms with Crippen LogP contribution in [0.4, 0.5) is 0 Å². The summed E-state index contributed by atoms with van der Waals surface area (Å²) in [5.74, 6) is 0.702. The molecule has 0 aliphatic heterocycles. The minimum atomic E-state index is 0.670. The summed E-state index contributed by atoms with van der Waals surface area (Å²) in [5.41, 5.74) is 0. The molecule has 0 aromatic rings. The zero-order valence-electron chi connectivity index (χ0n) is 12.7. The van der Waals surface area contributed by atoms with E-state index in [9.17, 15) is 0 Å². The fraction of sp³-hybridized carbons (Fsp3) is 0.938. The van der Waals surface area contributed by atoms with Gasteiger partial charge in [-0.25, -0.2) is 0 Å². The number of nitrogens with zero attached hydrogens (tertiary/aromatic N) is 2. The lowest BCUT2D eigenvalue weighted by Crippen LogP contribution is -2.29. The average molecular weight is 252 g/mol. The summed E-state index contributed by atoms with van der Waals surface area (Å²) in [6, 6.07) is 2.25.